The number of hydrogen-bond donors (Lipinski definition) is 1. The second-order valence-corrected chi connectivity index (χ2v) is 3.40. The first-order valence-electron chi connectivity index (χ1n) is 4.84. The summed E-state index contributed by atoms with van der Waals surface area (Å²) in [4.78, 5) is 0. The van der Waals surface area contributed by atoms with Crippen LogP contribution in [0.5, 0.6) is 17.2 Å². The quantitative estimate of drug-likeness (QED) is 0.885. The zero-order valence-electron chi connectivity index (χ0n) is 8.66. The van der Waals surface area contributed by atoms with Gasteiger partial charge in [-0.25, -0.2) is 0 Å². The third-order valence-corrected chi connectivity index (χ3v) is 2.20. The number of halogens is 3. The molecule has 17 heavy (non-hydrogen) atoms. The molecule has 0 fully saturated rings. The molecular weight excluding hydrogens is 239 g/mol. The molecule has 4 nitrogen and oxygen atoms in total. The molecule has 0 aromatic heterocycles. The molecule has 0 amide bonds. The zero-order valence-corrected chi connectivity index (χ0v) is 8.66. The molecule has 7 heteroatoms. The number of hydrogen-bond acceptors (Lipinski definition) is 4. The molecule has 0 saturated carbocycles. The minimum absolute atomic E-state index is 0.0435. The van der Waals surface area contributed by atoms with Gasteiger partial charge in [0.05, 0.1) is 0 Å². The Morgan fingerprint density at radius 1 is 1.29 bits per heavy atom. The van der Waals surface area contributed by atoms with Crippen molar-refractivity contribution in [2.45, 2.75) is 12.3 Å². The van der Waals surface area contributed by atoms with E-state index in [0.717, 1.165) is 0 Å². The Hall–Kier alpha value is -1.63. The van der Waals surface area contributed by atoms with Gasteiger partial charge in [0.1, 0.15) is 5.75 Å². The van der Waals surface area contributed by atoms with Crippen LogP contribution in [0.2, 0.25) is 0 Å². The van der Waals surface area contributed by atoms with E-state index in [9.17, 15) is 13.2 Å². The average molecular weight is 249 g/mol. The summed E-state index contributed by atoms with van der Waals surface area (Å²) >= 11 is 0. The van der Waals surface area contributed by atoms with Crippen molar-refractivity contribution in [2.75, 3.05) is 13.3 Å². The summed E-state index contributed by atoms with van der Waals surface area (Å²) in [6.45, 7) is -0.587. The summed E-state index contributed by atoms with van der Waals surface area (Å²) in [6.07, 6.45) is -6.52. The van der Waals surface area contributed by atoms with Gasteiger partial charge in [-0.3, -0.25) is 0 Å². The molecule has 0 bridgehead atoms. The predicted octanol–water partition coefficient (Wildman–Crippen LogP) is 1.68. The van der Waals surface area contributed by atoms with E-state index in [1.54, 1.807) is 0 Å². The Bertz CT molecular complexity index is 408. The molecule has 1 heterocycles. The highest BCUT2D eigenvalue weighted by molar-refractivity contribution is 5.46. The summed E-state index contributed by atoms with van der Waals surface area (Å²) in [5.41, 5.74) is 5.02. The number of ether oxygens (including phenoxy) is 3. The van der Waals surface area contributed by atoms with E-state index in [0.29, 0.717) is 11.5 Å². The second kappa shape index (κ2) is 4.33. The lowest BCUT2D eigenvalue weighted by molar-refractivity contribution is -0.191. The van der Waals surface area contributed by atoms with Gasteiger partial charge in [0.2, 0.25) is 12.9 Å². The minimum Gasteiger partial charge on any atom is -0.479 e. The van der Waals surface area contributed by atoms with E-state index < -0.39 is 18.8 Å². The zero-order chi connectivity index (χ0) is 12.5. The molecule has 1 aliphatic heterocycles. The van der Waals surface area contributed by atoms with Gasteiger partial charge in [-0.2, -0.15) is 13.2 Å². The lowest BCUT2D eigenvalue weighted by Crippen LogP contribution is -2.40. The van der Waals surface area contributed by atoms with Gasteiger partial charge in [-0.1, -0.05) is 0 Å². The molecule has 0 radical (unpaired) electrons. The SMILES string of the molecule is NCC(Oc1ccc2c(c1)OCO2)C(F)(F)F. The molecule has 1 aromatic carbocycles. The fraction of sp³-hybridized carbons (Fsp3) is 0.400. The fourth-order valence-corrected chi connectivity index (χ4v) is 1.36. The van der Waals surface area contributed by atoms with E-state index in [1.807, 2.05) is 0 Å². The van der Waals surface area contributed by atoms with Gasteiger partial charge in [0, 0.05) is 12.6 Å². The number of nitrogens with two attached hydrogens (primary N) is 1. The molecular formula is C10H10F3NO3. The smallest absolute Gasteiger partial charge is 0.426 e. The lowest BCUT2D eigenvalue weighted by atomic mass is 10.3. The van der Waals surface area contributed by atoms with Crippen LogP contribution in [-0.2, 0) is 0 Å². The molecule has 0 spiro atoms. The Morgan fingerprint density at radius 2 is 2.00 bits per heavy atom. The number of rotatable bonds is 3. The first-order chi connectivity index (χ1) is 8.00. The van der Waals surface area contributed by atoms with Gasteiger partial charge in [0.25, 0.3) is 0 Å². The van der Waals surface area contributed by atoms with Gasteiger partial charge in [-0.15, -0.1) is 0 Å². The Morgan fingerprint density at radius 3 is 2.65 bits per heavy atom. The molecule has 2 N–H and O–H groups in total. The van der Waals surface area contributed by atoms with Gasteiger partial charge >= 0.3 is 6.18 Å². The topological polar surface area (TPSA) is 53.7 Å². The van der Waals surface area contributed by atoms with Gasteiger partial charge < -0.3 is 19.9 Å². The van der Waals surface area contributed by atoms with Crippen molar-refractivity contribution in [1.82, 2.24) is 0 Å². The Labute approximate surface area is 95.1 Å². The maximum absolute atomic E-state index is 12.4. The van der Waals surface area contributed by atoms with Crippen molar-refractivity contribution in [2.24, 2.45) is 5.73 Å². The summed E-state index contributed by atoms with van der Waals surface area (Å²) in [5.74, 6) is 0.885. The van der Waals surface area contributed by atoms with Crippen LogP contribution < -0.4 is 19.9 Å². The molecule has 1 aliphatic rings. The van der Waals surface area contributed by atoms with Crippen LogP contribution >= 0.6 is 0 Å². The summed E-state index contributed by atoms with van der Waals surface area (Å²) in [5, 5.41) is 0. The maximum atomic E-state index is 12.4. The van der Waals surface area contributed by atoms with Crippen LogP contribution in [0.4, 0.5) is 13.2 Å². The summed E-state index contributed by atoms with van der Waals surface area (Å²) < 4.78 is 52.1. The molecule has 1 atom stereocenters. The maximum Gasteiger partial charge on any atom is 0.426 e. The van der Waals surface area contributed by atoms with Crippen LogP contribution in [0.25, 0.3) is 0 Å². The van der Waals surface area contributed by atoms with Gasteiger partial charge in [0.15, 0.2) is 11.5 Å². The first-order valence-corrected chi connectivity index (χ1v) is 4.84. The van der Waals surface area contributed by atoms with E-state index in [-0.39, 0.29) is 12.5 Å². The van der Waals surface area contributed by atoms with Crippen molar-refractivity contribution in [3.8, 4) is 17.2 Å². The van der Waals surface area contributed by atoms with Gasteiger partial charge in [-0.05, 0) is 12.1 Å². The van der Waals surface area contributed by atoms with Crippen LogP contribution in [0.1, 0.15) is 0 Å². The minimum atomic E-state index is -4.49. The number of fused-ring (bicyclic) bond motifs is 1. The average Bonchev–Trinajstić information content (AvgIpc) is 2.71. The summed E-state index contributed by atoms with van der Waals surface area (Å²) in [7, 11) is 0. The predicted molar refractivity (Wildman–Crippen MR) is 52.1 cm³/mol. The highest BCUT2D eigenvalue weighted by Crippen LogP contribution is 2.36. The monoisotopic (exact) mass is 249 g/mol. The Kier molecular flexibility index (Phi) is 3.01. The number of alkyl halides is 3. The fourth-order valence-electron chi connectivity index (χ4n) is 1.36. The van der Waals surface area contributed by atoms with Crippen molar-refractivity contribution in [3.63, 3.8) is 0 Å². The number of benzene rings is 1. The van der Waals surface area contributed by atoms with Crippen molar-refractivity contribution in [1.29, 1.82) is 0 Å². The third-order valence-electron chi connectivity index (χ3n) is 2.20. The van der Waals surface area contributed by atoms with Crippen LogP contribution in [-0.4, -0.2) is 25.6 Å². The van der Waals surface area contributed by atoms with Crippen LogP contribution in [0, 0.1) is 0 Å². The normalized spacial score (nSPS) is 15.8. The highest BCUT2D eigenvalue weighted by atomic mass is 19.4. The first kappa shape index (κ1) is 11.8. The van der Waals surface area contributed by atoms with Crippen molar-refractivity contribution >= 4 is 0 Å². The molecule has 2 rings (SSSR count). The van der Waals surface area contributed by atoms with Crippen molar-refractivity contribution < 1.29 is 27.4 Å². The molecule has 0 saturated heterocycles. The Balaban J connectivity index is 2.13. The van der Waals surface area contributed by atoms with Crippen LogP contribution in [0.15, 0.2) is 18.2 Å². The summed E-state index contributed by atoms with van der Waals surface area (Å²) in [6, 6.07) is 4.21. The molecule has 94 valence electrons. The van der Waals surface area contributed by atoms with E-state index in [4.69, 9.17) is 19.9 Å². The lowest BCUT2D eigenvalue weighted by Gasteiger charge is -2.20. The molecule has 1 unspecified atom stereocenters. The second-order valence-electron chi connectivity index (χ2n) is 3.40. The molecule has 1 aromatic rings. The van der Waals surface area contributed by atoms with Crippen LogP contribution in [0.3, 0.4) is 0 Å². The van der Waals surface area contributed by atoms with Crippen molar-refractivity contribution in [3.05, 3.63) is 18.2 Å². The van der Waals surface area contributed by atoms with E-state index in [2.05, 4.69) is 0 Å². The highest BCUT2D eigenvalue weighted by Gasteiger charge is 2.40. The largest absolute Gasteiger partial charge is 0.479 e. The standard InChI is InChI=1S/C10H10F3NO3/c11-10(12,13)9(4-14)17-6-1-2-7-8(3-6)16-5-15-7/h1-3,9H,4-5,14H2. The van der Waals surface area contributed by atoms with E-state index >= 15 is 0 Å². The molecule has 0 aliphatic carbocycles. The van der Waals surface area contributed by atoms with E-state index in [1.165, 1.54) is 18.2 Å². The third kappa shape index (κ3) is 2.55.